The van der Waals surface area contributed by atoms with E-state index >= 15 is 0 Å². The van der Waals surface area contributed by atoms with E-state index in [4.69, 9.17) is 5.84 Å². The van der Waals surface area contributed by atoms with E-state index in [1.54, 1.807) is 4.68 Å². The predicted molar refractivity (Wildman–Crippen MR) is 67.9 cm³/mol. The molecule has 0 aliphatic heterocycles. The number of aryl methyl sites for hydroxylation is 1. The van der Waals surface area contributed by atoms with Gasteiger partial charge in [-0.25, -0.2) is 0 Å². The standard InChI is InChI=1S/C14H14N3.BrH/c1-11-14(12-7-3-2-4-8-12)17(15)13-9-5-6-10-16(11)13;/h2-10H,15H2,1H3;1H/q+1;/p-1. The van der Waals surface area contributed by atoms with E-state index in [1.807, 2.05) is 42.6 Å². The van der Waals surface area contributed by atoms with Gasteiger partial charge in [0.15, 0.2) is 5.69 Å². The number of hydrogen-bond donors (Lipinski definition) is 1. The Morgan fingerprint density at radius 3 is 2.33 bits per heavy atom. The van der Waals surface area contributed by atoms with Crippen molar-refractivity contribution in [2.24, 2.45) is 0 Å². The van der Waals surface area contributed by atoms with Crippen molar-refractivity contribution in [3.05, 3.63) is 60.4 Å². The number of hydrogen-bond acceptors (Lipinski definition) is 1. The molecule has 2 aromatic heterocycles. The first-order chi connectivity index (χ1) is 8.29. The third-order valence-corrected chi connectivity index (χ3v) is 3.08. The minimum absolute atomic E-state index is 0. The van der Waals surface area contributed by atoms with Crippen molar-refractivity contribution in [3.63, 3.8) is 0 Å². The number of nitrogen functional groups attached to an aromatic ring is 1. The highest BCUT2D eigenvalue weighted by Gasteiger charge is 2.21. The molecule has 3 rings (SSSR count). The Hall–Kier alpha value is -1.81. The number of rotatable bonds is 1. The zero-order valence-corrected chi connectivity index (χ0v) is 11.6. The normalized spacial score (nSPS) is 10.3. The molecule has 0 unspecified atom stereocenters. The van der Waals surface area contributed by atoms with Crippen LogP contribution in [0.15, 0.2) is 54.7 Å². The summed E-state index contributed by atoms with van der Waals surface area (Å²) in [5.41, 5.74) is 4.33. The van der Waals surface area contributed by atoms with Crippen LogP contribution in [0.1, 0.15) is 5.69 Å². The fraction of sp³-hybridized carbons (Fsp3) is 0.0714. The van der Waals surface area contributed by atoms with Gasteiger partial charge < -0.3 is 17.0 Å². The zero-order chi connectivity index (χ0) is 11.8. The van der Waals surface area contributed by atoms with Gasteiger partial charge in [0.05, 0.1) is 6.20 Å². The highest BCUT2D eigenvalue weighted by Crippen LogP contribution is 2.21. The van der Waals surface area contributed by atoms with Crippen molar-refractivity contribution < 1.29 is 21.4 Å². The van der Waals surface area contributed by atoms with Crippen molar-refractivity contribution in [3.8, 4) is 11.3 Å². The SMILES string of the molecule is Cc1c(-c2ccccc2)n(N)c2cccc[n+]12.[Br-]. The summed E-state index contributed by atoms with van der Waals surface area (Å²) in [5, 5.41) is 0. The molecule has 3 nitrogen and oxygen atoms in total. The second-order valence-corrected chi connectivity index (χ2v) is 4.10. The van der Waals surface area contributed by atoms with Gasteiger partial charge in [0.1, 0.15) is 0 Å². The van der Waals surface area contributed by atoms with Crippen molar-refractivity contribution in [1.82, 2.24) is 4.68 Å². The summed E-state index contributed by atoms with van der Waals surface area (Å²) < 4.78 is 3.84. The summed E-state index contributed by atoms with van der Waals surface area (Å²) in [6.45, 7) is 2.08. The maximum Gasteiger partial charge on any atom is 0.310 e. The Bertz CT molecular complexity index is 635. The van der Waals surface area contributed by atoms with E-state index in [2.05, 4.69) is 23.5 Å². The first-order valence-electron chi connectivity index (χ1n) is 5.61. The zero-order valence-electron chi connectivity index (χ0n) is 10.0. The molecular weight excluding hydrogens is 290 g/mol. The van der Waals surface area contributed by atoms with E-state index in [1.165, 1.54) is 0 Å². The Kier molecular flexibility index (Phi) is 3.39. The molecule has 2 N–H and O–H groups in total. The smallest absolute Gasteiger partial charge is 0.310 e. The lowest BCUT2D eigenvalue weighted by Gasteiger charge is -1.96. The number of fused-ring (bicyclic) bond motifs is 1. The van der Waals surface area contributed by atoms with E-state index < -0.39 is 0 Å². The second-order valence-electron chi connectivity index (χ2n) is 4.10. The largest absolute Gasteiger partial charge is 1.00 e. The number of halogens is 1. The molecule has 0 spiro atoms. The van der Waals surface area contributed by atoms with E-state index in [9.17, 15) is 0 Å². The summed E-state index contributed by atoms with van der Waals surface area (Å²) in [6.07, 6.45) is 2.03. The summed E-state index contributed by atoms with van der Waals surface area (Å²) in [7, 11) is 0. The number of nitrogens with two attached hydrogens (primary N) is 1. The Labute approximate surface area is 116 Å². The maximum atomic E-state index is 6.17. The van der Waals surface area contributed by atoms with Gasteiger partial charge in [0.2, 0.25) is 5.69 Å². The van der Waals surface area contributed by atoms with Crippen molar-refractivity contribution in [1.29, 1.82) is 0 Å². The van der Waals surface area contributed by atoms with Gasteiger partial charge in [-0.15, -0.1) is 4.68 Å². The molecule has 0 atom stereocenters. The topological polar surface area (TPSA) is 35.0 Å². The van der Waals surface area contributed by atoms with Crippen LogP contribution in [0.25, 0.3) is 16.9 Å². The van der Waals surface area contributed by atoms with Crippen molar-refractivity contribution in [2.45, 2.75) is 6.92 Å². The fourth-order valence-corrected chi connectivity index (χ4v) is 2.26. The molecule has 92 valence electrons. The molecule has 2 heterocycles. The van der Waals surface area contributed by atoms with E-state index in [0.717, 1.165) is 22.6 Å². The van der Waals surface area contributed by atoms with Crippen LogP contribution in [0, 0.1) is 6.92 Å². The second kappa shape index (κ2) is 4.82. The molecule has 1 aromatic carbocycles. The molecule has 0 radical (unpaired) electrons. The van der Waals surface area contributed by atoms with Crippen LogP contribution in [0.5, 0.6) is 0 Å². The minimum Gasteiger partial charge on any atom is -1.00 e. The number of pyridine rings is 1. The molecule has 0 amide bonds. The third kappa shape index (κ3) is 1.78. The fourth-order valence-electron chi connectivity index (χ4n) is 2.26. The molecule has 0 saturated heterocycles. The molecule has 18 heavy (non-hydrogen) atoms. The van der Waals surface area contributed by atoms with Crippen LogP contribution in [0.4, 0.5) is 0 Å². The predicted octanol–water partition coefficient (Wildman–Crippen LogP) is -1.08. The van der Waals surface area contributed by atoms with Crippen LogP contribution < -0.4 is 27.2 Å². The van der Waals surface area contributed by atoms with Crippen LogP contribution in [0.3, 0.4) is 0 Å². The maximum absolute atomic E-state index is 6.17. The highest BCUT2D eigenvalue weighted by molar-refractivity contribution is 5.64. The van der Waals surface area contributed by atoms with Gasteiger partial charge in [0, 0.05) is 18.6 Å². The Morgan fingerprint density at radius 1 is 1.00 bits per heavy atom. The van der Waals surface area contributed by atoms with Gasteiger partial charge in [-0.1, -0.05) is 36.4 Å². The lowest BCUT2D eigenvalue weighted by atomic mass is 10.1. The van der Waals surface area contributed by atoms with E-state index in [-0.39, 0.29) is 17.0 Å². The molecule has 0 aliphatic carbocycles. The average Bonchev–Trinajstić information content (AvgIpc) is 2.64. The van der Waals surface area contributed by atoms with Crippen LogP contribution in [-0.2, 0) is 0 Å². The van der Waals surface area contributed by atoms with Crippen molar-refractivity contribution in [2.75, 3.05) is 5.84 Å². The molecule has 3 aromatic rings. The van der Waals surface area contributed by atoms with E-state index in [0.29, 0.717) is 0 Å². The lowest BCUT2D eigenvalue weighted by molar-refractivity contribution is -0.517. The quantitative estimate of drug-likeness (QED) is 0.450. The molecule has 0 fully saturated rings. The molecule has 4 heteroatoms. The molecule has 0 bridgehead atoms. The van der Waals surface area contributed by atoms with Crippen LogP contribution in [0.2, 0.25) is 0 Å². The number of aromatic nitrogens is 2. The molecule has 0 saturated carbocycles. The summed E-state index contributed by atoms with van der Waals surface area (Å²) in [4.78, 5) is 0. The lowest BCUT2D eigenvalue weighted by Crippen LogP contribution is -3.00. The van der Waals surface area contributed by atoms with Gasteiger partial charge in [-0.2, -0.15) is 4.40 Å². The van der Waals surface area contributed by atoms with Gasteiger partial charge >= 0.3 is 5.65 Å². The highest BCUT2D eigenvalue weighted by atomic mass is 79.9. The van der Waals surface area contributed by atoms with Gasteiger partial charge in [0.25, 0.3) is 0 Å². The summed E-state index contributed by atoms with van der Waals surface area (Å²) >= 11 is 0. The van der Waals surface area contributed by atoms with Crippen molar-refractivity contribution >= 4 is 5.65 Å². The molecule has 0 aliphatic rings. The Balaban J connectivity index is 0.00000120. The number of benzene rings is 1. The number of nitrogens with zero attached hydrogens (tertiary/aromatic N) is 2. The molecular formula is C14H14BrN3. The first-order valence-corrected chi connectivity index (χ1v) is 5.61. The van der Waals surface area contributed by atoms with Crippen LogP contribution in [-0.4, -0.2) is 4.68 Å². The summed E-state index contributed by atoms with van der Waals surface area (Å²) in [6, 6.07) is 16.2. The summed E-state index contributed by atoms with van der Waals surface area (Å²) in [5.74, 6) is 6.17. The van der Waals surface area contributed by atoms with Gasteiger partial charge in [-0.05, 0) is 6.07 Å². The Morgan fingerprint density at radius 2 is 1.67 bits per heavy atom. The van der Waals surface area contributed by atoms with Crippen LogP contribution >= 0.6 is 0 Å². The third-order valence-electron chi connectivity index (χ3n) is 3.08. The number of imidazole rings is 1. The average molecular weight is 304 g/mol. The van der Waals surface area contributed by atoms with Gasteiger partial charge in [-0.3, -0.25) is 5.84 Å². The minimum atomic E-state index is 0. The monoisotopic (exact) mass is 303 g/mol. The first kappa shape index (κ1) is 12.6.